The van der Waals surface area contributed by atoms with Crippen molar-refractivity contribution in [1.29, 1.82) is 0 Å². The summed E-state index contributed by atoms with van der Waals surface area (Å²) in [5.41, 5.74) is 0.557. The Morgan fingerprint density at radius 1 is 1.20 bits per heavy atom. The van der Waals surface area contributed by atoms with Gasteiger partial charge in [0.05, 0.1) is 13.3 Å². The first-order valence-corrected chi connectivity index (χ1v) is 7.42. The van der Waals surface area contributed by atoms with Crippen molar-refractivity contribution < 1.29 is 17.3 Å². The van der Waals surface area contributed by atoms with Crippen LogP contribution in [0.2, 0.25) is 5.15 Å². The lowest BCUT2D eigenvalue weighted by Crippen LogP contribution is -2.10. The van der Waals surface area contributed by atoms with E-state index in [2.05, 4.69) is 4.98 Å². The van der Waals surface area contributed by atoms with Crippen molar-refractivity contribution in [2.75, 3.05) is 7.11 Å². The van der Waals surface area contributed by atoms with Crippen molar-refractivity contribution in [2.24, 2.45) is 0 Å². The zero-order chi connectivity index (χ0) is 14.8. The molecule has 0 aliphatic carbocycles. The smallest absolute Gasteiger partial charge is 0.340 e. The van der Waals surface area contributed by atoms with Crippen LogP contribution in [-0.4, -0.2) is 20.5 Å². The molecule has 0 aliphatic rings. The molecule has 0 fully saturated rings. The molecule has 1 aromatic carbocycles. The molecule has 0 N–H and O–H groups in total. The normalized spacial score (nSPS) is 11.2. The molecule has 0 atom stereocenters. The minimum atomic E-state index is -3.95. The highest BCUT2D eigenvalue weighted by Gasteiger charge is 2.18. The molecule has 0 aliphatic heterocycles. The van der Waals surface area contributed by atoms with E-state index in [-0.39, 0.29) is 15.8 Å². The van der Waals surface area contributed by atoms with Crippen molar-refractivity contribution in [2.45, 2.75) is 11.8 Å². The number of benzene rings is 1. The Morgan fingerprint density at radius 2 is 1.90 bits per heavy atom. The number of halogens is 1. The Hall–Kier alpha value is -1.79. The largest absolute Gasteiger partial charge is 0.497 e. The predicted octanol–water partition coefficient (Wildman–Crippen LogP) is 2.82. The first kappa shape index (κ1) is 14.6. The van der Waals surface area contributed by atoms with E-state index in [9.17, 15) is 8.42 Å². The Morgan fingerprint density at radius 3 is 2.55 bits per heavy atom. The number of aromatic nitrogens is 1. The molecule has 0 bridgehead atoms. The maximum Gasteiger partial charge on any atom is 0.340 e. The van der Waals surface area contributed by atoms with Gasteiger partial charge in [-0.15, -0.1) is 0 Å². The average molecular weight is 314 g/mol. The van der Waals surface area contributed by atoms with Gasteiger partial charge in [-0.25, -0.2) is 4.98 Å². The van der Waals surface area contributed by atoms with Gasteiger partial charge < -0.3 is 8.92 Å². The third-order valence-electron chi connectivity index (χ3n) is 2.53. The Balaban J connectivity index is 2.32. The second-order valence-electron chi connectivity index (χ2n) is 4.00. The third kappa shape index (κ3) is 3.20. The quantitative estimate of drug-likeness (QED) is 0.641. The number of methoxy groups -OCH3 is 1. The summed E-state index contributed by atoms with van der Waals surface area (Å²) < 4.78 is 34.3. The summed E-state index contributed by atoms with van der Waals surface area (Å²) in [5.74, 6) is 0.667. The lowest BCUT2D eigenvalue weighted by molar-refractivity contribution is 0.411. The van der Waals surface area contributed by atoms with Gasteiger partial charge in [-0.2, -0.15) is 8.42 Å². The van der Waals surface area contributed by atoms with Crippen molar-refractivity contribution in [3.63, 3.8) is 0 Å². The topological polar surface area (TPSA) is 65.5 Å². The summed E-state index contributed by atoms with van der Waals surface area (Å²) in [6.45, 7) is 1.67. The van der Waals surface area contributed by atoms with Crippen LogP contribution in [0.25, 0.3) is 0 Å². The summed E-state index contributed by atoms with van der Waals surface area (Å²) >= 11 is 5.77. The van der Waals surface area contributed by atoms with Crippen LogP contribution in [0.1, 0.15) is 5.56 Å². The van der Waals surface area contributed by atoms with E-state index in [0.29, 0.717) is 11.3 Å². The van der Waals surface area contributed by atoms with E-state index in [0.717, 1.165) is 6.20 Å². The number of nitrogens with zero attached hydrogens (tertiary/aromatic N) is 1. The molecular weight excluding hydrogens is 302 g/mol. The number of aryl methyl sites for hydroxylation is 1. The number of ether oxygens (including phenoxy) is 1. The molecule has 106 valence electrons. The Labute approximate surface area is 122 Å². The van der Waals surface area contributed by atoms with Gasteiger partial charge in [0.2, 0.25) is 0 Å². The van der Waals surface area contributed by atoms with Crippen molar-refractivity contribution in [1.82, 2.24) is 4.98 Å². The van der Waals surface area contributed by atoms with Crippen LogP contribution in [0.3, 0.4) is 0 Å². The van der Waals surface area contributed by atoms with Crippen molar-refractivity contribution in [3.8, 4) is 11.5 Å². The van der Waals surface area contributed by atoms with E-state index in [1.807, 2.05) is 0 Å². The minimum Gasteiger partial charge on any atom is -0.497 e. The van der Waals surface area contributed by atoms with Crippen LogP contribution in [-0.2, 0) is 10.1 Å². The SMILES string of the molecule is COc1cccc(OS(=O)(=O)c2cnc(Cl)c(C)c2)c1. The molecule has 2 aromatic rings. The van der Waals surface area contributed by atoms with Crippen molar-refractivity contribution in [3.05, 3.63) is 47.2 Å². The average Bonchev–Trinajstić information content (AvgIpc) is 2.41. The molecule has 5 nitrogen and oxygen atoms in total. The maximum absolute atomic E-state index is 12.1. The zero-order valence-electron chi connectivity index (χ0n) is 10.8. The fourth-order valence-corrected chi connectivity index (χ4v) is 2.56. The second-order valence-corrected chi connectivity index (χ2v) is 5.90. The number of hydrogen-bond donors (Lipinski definition) is 0. The van der Waals surface area contributed by atoms with Crippen LogP contribution in [0.5, 0.6) is 11.5 Å². The number of pyridine rings is 1. The van der Waals surface area contributed by atoms with Gasteiger partial charge in [-0.3, -0.25) is 0 Å². The lowest BCUT2D eigenvalue weighted by Gasteiger charge is -2.08. The Kier molecular flexibility index (Phi) is 4.15. The van der Waals surface area contributed by atoms with Gasteiger partial charge >= 0.3 is 10.1 Å². The van der Waals surface area contributed by atoms with Crippen LogP contribution in [0.15, 0.2) is 41.4 Å². The molecule has 0 radical (unpaired) electrons. The number of hydrogen-bond acceptors (Lipinski definition) is 5. The van der Waals surface area contributed by atoms with E-state index in [1.54, 1.807) is 19.1 Å². The van der Waals surface area contributed by atoms with E-state index in [4.69, 9.17) is 20.5 Å². The first-order chi connectivity index (χ1) is 9.42. The van der Waals surface area contributed by atoms with Crippen LogP contribution in [0, 0.1) is 6.92 Å². The highest BCUT2D eigenvalue weighted by atomic mass is 35.5. The van der Waals surface area contributed by atoms with Crippen LogP contribution < -0.4 is 8.92 Å². The van der Waals surface area contributed by atoms with Crippen LogP contribution in [0.4, 0.5) is 0 Å². The molecule has 0 unspecified atom stereocenters. The number of rotatable bonds is 4. The summed E-state index contributed by atoms with van der Waals surface area (Å²) in [7, 11) is -2.47. The maximum atomic E-state index is 12.1. The molecule has 7 heteroatoms. The van der Waals surface area contributed by atoms with Gasteiger partial charge in [0, 0.05) is 6.07 Å². The van der Waals surface area contributed by atoms with Gasteiger partial charge in [0.25, 0.3) is 0 Å². The molecule has 0 saturated heterocycles. The summed E-state index contributed by atoms with van der Waals surface area (Å²) in [5, 5.41) is 0.255. The highest BCUT2D eigenvalue weighted by Crippen LogP contribution is 2.24. The van der Waals surface area contributed by atoms with Gasteiger partial charge in [-0.05, 0) is 30.7 Å². The molecular formula is C13H12ClNO4S. The predicted molar refractivity (Wildman–Crippen MR) is 74.8 cm³/mol. The van der Waals surface area contributed by atoms with Gasteiger partial charge in [-0.1, -0.05) is 17.7 Å². The fraction of sp³-hybridized carbons (Fsp3) is 0.154. The molecule has 0 saturated carbocycles. The third-order valence-corrected chi connectivity index (χ3v) is 4.13. The van der Waals surface area contributed by atoms with Crippen molar-refractivity contribution >= 4 is 21.7 Å². The molecule has 1 aromatic heterocycles. The summed E-state index contributed by atoms with van der Waals surface area (Å²) in [4.78, 5) is 3.75. The van der Waals surface area contributed by atoms with E-state index < -0.39 is 10.1 Å². The monoisotopic (exact) mass is 313 g/mol. The molecule has 0 amide bonds. The molecule has 0 spiro atoms. The molecule has 1 heterocycles. The Bertz CT molecular complexity index is 731. The van der Waals surface area contributed by atoms with Gasteiger partial charge in [0.1, 0.15) is 21.5 Å². The highest BCUT2D eigenvalue weighted by molar-refractivity contribution is 7.87. The lowest BCUT2D eigenvalue weighted by atomic mass is 10.3. The molecule has 20 heavy (non-hydrogen) atoms. The van der Waals surface area contributed by atoms with Gasteiger partial charge in [0.15, 0.2) is 0 Å². The van der Waals surface area contributed by atoms with E-state index >= 15 is 0 Å². The second kappa shape index (κ2) is 5.68. The van der Waals surface area contributed by atoms with E-state index in [1.165, 1.54) is 25.3 Å². The summed E-state index contributed by atoms with van der Waals surface area (Å²) in [6.07, 6.45) is 1.16. The molecule has 2 rings (SSSR count). The summed E-state index contributed by atoms with van der Waals surface area (Å²) in [6, 6.07) is 7.73. The van der Waals surface area contributed by atoms with Crippen LogP contribution >= 0.6 is 11.6 Å². The standard InChI is InChI=1S/C13H12ClNO4S/c1-9-6-12(8-15-13(9)14)20(16,17)19-11-5-3-4-10(7-11)18-2/h3-8H,1-2H3. The first-order valence-electron chi connectivity index (χ1n) is 5.63. The zero-order valence-corrected chi connectivity index (χ0v) is 12.4. The minimum absolute atomic E-state index is 0.0535. The fourth-order valence-electron chi connectivity index (χ4n) is 1.50.